The van der Waals surface area contributed by atoms with Crippen molar-refractivity contribution >= 4 is 17.8 Å². The van der Waals surface area contributed by atoms with Crippen molar-refractivity contribution in [2.45, 2.75) is 51.9 Å². The van der Waals surface area contributed by atoms with Crippen molar-refractivity contribution in [3.63, 3.8) is 0 Å². The predicted octanol–water partition coefficient (Wildman–Crippen LogP) is 2.73. The van der Waals surface area contributed by atoms with Gasteiger partial charge < -0.3 is 20.3 Å². The number of carbonyl (C=O) groups excluding carboxylic acids is 1. The van der Waals surface area contributed by atoms with E-state index >= 15 is 0 Å². The number of allylic oxidation sites excluding steroid dienone is 3. The summed E-state index contributed by atoms with van der Waals surface area (Å²) in [5.74, 6) is -2.34. The number of nitrogens with one attached hydrogen (secondary N) is 1. The zero-order valence-corrected chi connectivity index (χ0v) is 15.5. The zero-order chi connectivity index (χ0) is 19.6. The molecule has 0 aromatic rings. The lowest BCUT2D eigenvalue weighted by molar-refractivity contribution is -0.146. The van der Waals surface area contributed by atoms with Gasteiger partial charge in [-0.15, -0.1) is 0 Å². The Morgan fingerprint density at radius 1 is 1.23 bits per heavy atom. The maximum Gasteiger partial charge on any atom is 0.308 e. The average molecular weight is 367 g/mol. The normalized spacial score (nSPS) is 17.8. The molecule has 1 aliphatic carbocycles. The predicted molar refractivity (Wildman–Crippen MR) is 96.4 cm³/mol. The molecule has 0 aliphatic heterocycles. The fraction of sp³-hybridized carbons (Fsp3) is 0.632. The molecule has 0 bridgehead atoms. The van der Waals surface area contributed by atoms with Crippen LogP contribution in [0.2, 0.25) is 0 Å². The molecule has 146 valence electrons. The van der Waals surface area contributed by atoms with Gasteiger partial charge in [-0.1, -0.05) is 18.9 Å². The van der Waals surface area contributed by atoms with Crippen molar-refractivity contribution in [2.75, 3.05) is 13.7 Å². The van der Waals surface area contributed by atoms with Gasteiger partial charge in [-0.25, -0.2) is 0 Å². The van der Waals surface area contributed by atoms with Crippen LogP contribution in [0.3, 0.4) is 0 Å². The van der Waals surface area contributed by atoms with Gasteiger partial charge in [0.15, 0.2) is 0 Å². The molecule has 26 heavy (non-hydrogen) atoms. The topological polar surface area (TPSA) is 113 Å². The molecule has 1 aliphatic rings. The number of carbonyl (C=O) groups is 3. The van der Waals surface area contributed by atoms with Gasteiger partial charge in [0, 0.05) is 6.54 Å². The van der Waals surface area contributed by atoms with Crippen molar-refractivity contribution in [3.8, 4) is 0 Å². The first-order valence-electron chi connectivity index (χ1n) is 8.94. The summed E-state index contributed by atoms with van der Waals surface area (Å²) in [6, 6.07) is 0. The van der Waals surface area contributed by atoms with Crippen molar-refractivity contribution in [1.82, 2.24) is 5.32 Å². The molecule has 1 rings (SSSR count). The van der Waals surface area contributed by atoms with Gasteiger partial charge in [0.2, 0.25) is 5.91 Å². The summed E-state index contributed by atoms with van der Waals surface area (Å²) in [6.07, 6.45) is 8.83. The van der Waals surface area contributed by atoms with E-state index in [0.717, 1.165) is 12.8 Å². The zero-order valence-electron chi connectivity index (χ0n) is 15.5. The van der Waals surface area contributed by atoms with Gasteiger partial charge in [0.25, 0.3) is 0 Å². The SMILES string of the molecule is C/C=C(\C=C/CCC(CNC(=O)C1(CC(=O)O)CCCC1)C(=O)O)OC. The van der Waals surface area contributed by atoms with Crippen LogP contribution in [0.5, 0.6) is 0 Å². The Morgan fingerprint density at radius 3 is 2.38 bits per heavy atom. The van der Waals surface area contributed by atoms with Crippen LogP contribution in [0, 0.1) is 11.3 Å². The number of aliphatic carboxylic acids is 2. The number of carboxylic acids is 2. The summed E-state index contributed by atoms with van der Waals surface area (Å²) in [4.78, 5) is 35.0. The minimum Gasteiger partial charge on any atom is -0.497 e. The smallest absolute Gasteiger partial charge is 0.308 e. The Morgan fingerprint density at radius 2 is 1.88 bits per heavy atom. The molecule has 1 unspecified atom stereocenters. The fourth-order valence-corrected chi connectivity index (χ4v) is 3.32. The second kappa shape index (κ2) is 10.6. The van der Waals surface area contributed by atoms with Crippen molar-refractivity contribution in [3.05, 3.63) is 24.0 Å². The highest BCUT2D eigenvalue weighted by molar-refractivity contribution is 5.87. The molecule has 0 radical (unpaired) electrons. The third-order valence-electron chi connectivity index (χ3n) is 4.87. The molecule has 1 fully saturated rings. The van der Waals surface area contributed by atoms with Crippen LogP contribution < -0.4 is 5.32 Å². The molecule has 7 nitrogen and oxygen atoms in total. The molecule has 0 aromatic heterocycles. The van der Waals surface area contributed by atoms with E-state index in [1.165, 1.54) is 0 Å². The van der Waals surface area contributed by atoms with E-state index < -0.39 is 23.3 Å². The van der Waals surface area contributed by atoms with E-state index in [4.69, 9.17) is 9.84 Å². The van der Waals surface area contributed by atoms with Gasteiger partial charge >= 0.3 is 11.9 Å². The Hall–Kier alpha value is -2.31. The Bertz CT molecular complexity index is 560. The first kappa shape index (κ1) is 21.7. The summed E-state index contributed by atoms with van der Waals surface area (Å²) >= 11 is 0. The highest BCUT2D eigenvalue weighted by atomic mass is 16.5. The largest absolute Gasteiger partial charge is 0.497 e. The van der Waals surface area contributed by atoms with E-state index in [1.54, 1.807) is 19.3 Å². The molecule has 0 spiro atoms. The summed E-state index contributed by atoms with van der Waals surface area (Å²) < 4.78 is 5.09. The van der Waals surface area contributed by atoms with Crippen molar-refractivity contribution in [2.24, 2.45) is 11.3 Å². The van der Waals surface area contributed by atoms with E-state index in [2.05, 4.69) is 5.32 Å². The molecule has 0 aromatic carbocycles. The molecule has 1 saturated carbocycles. The third kappa shape index (κ3) is 6.54. The van der Waals surface area contributed by atoms with Gasteiger partial charge in [-0.3, -0.25) is 14.4 Å². The second-order valence-electron chi connectivity index (χ2n) is 6.68. The number of ether oxygens (including phenoxy) is 1. The Labute approximate surface area is 154 Å². The van der Waals surface area contributed by atoms with Gasteiger partial charge in [-0.05, 0) is 44.8 Å². The average Bonchev–Trinajstić information content (AvgIpc) is 3.06. The van der Waals surface area contributed by atoms with Crippen LogP contribution in [0.15, 0.2) is 24.0 Å². The summed E-state index contributed by atoms with van der Waals surface area (Å²) in [5, 5.41) is 21.1. The van der Waals surface area contributed by atoms with E-state index in [1.807, 2.05) is 13.0 Å². The van der Waals surface area contributed by atoms with Crippen molar-refractivity contribution < 1.29 is 29.3 Å². The third-order valence-corrected chi connectivity index (χ3v) is 4.87. The first-order chi connectivity index (χ1) is 12.3. The number of amides is 1. The van der Waals surface area contributed by atoms with E-state index in [-0.39, 0.29) is 18.9 Å². The Kier molecular flexibility index (Phi) is 8.88. The number of rotatable bonds is 11. The minimum atomic E-state index is -1.00. The van der Waals surface area contributed by atoms with Crippen LogP contribution >= 0.6 is 0 Å². The molecule has 1 atom stereocenters. The van der Waals surface area contributed by atoms with Gasteiger partial charge in [-0.2, -0.15) is 0 Å². The van der Waals surface area contributed by atoms with Gasteiger partial charge in [0.1, 0.15) is 5.76 Å². The molecule has 3 N–H and O–H groups in total. The van der Waals surface area contributed by atoms with Crippen LogP contribution in [0.1, 0.15) is 51.9 Å². The maximum atomic E-state index is 12.5. The van der Waals surface area contributed by atoms with Crippen LogP contribution in [-0.4, -0.2) is 41.7 Å². The van der Waals surface area contributed by atoms with Crippen LogP contribution in [-0.2, 0) is 19.1 Å². The molecule has 7 heteroatoms. The summed E-state index contributed by atoms with van der Waals surface area (Å²) in [5.41, 5.74) is -0.895. The number of methoxy groups -OCH3 is 1. The quantitative estimate of drug-likeness (QED) is 0.382. The highest BCUT2D eigenvalue weighted by Gasteiger charge is 2.43. The van der Waals surface area contributed by atoms with Crippen LogP contribution in [0.25, 0.3) is 0 Å². The maximum absolute atomic E-state index is 12.5. The van der Waals surface area contributed by atoms with Gasteiger partial charge in [0.05, 0.1) is 24.9 Å². The number of hydrogen-bond acceptors (Lipinski definition) is 4. The summed E-state index contributed by atoms with van der Waals surface area (Å²) in [7, 11) is 1.56. The Balaban J connectivity index is 2.58. The van der Waals surface area contributed by atoms with Crippen LogP contribution in [0.4, 0.5) is 0 Å². The lowest BCUT2D eigenvalue weighted by atomic mass is 9.81. The molecule has 1 amide bonds. The molecular formula is C19H29NO6. The minimum absolute atomic E-state index is 0.00409. The second-order valence-corrected chi connectivity index (χ2v) is 6.68. The molecule has 0 heterocycles. The number of hydrogen-bond donors (Lipinski definition) is 3. The highest BCUT2D eigenvalue weighted by Crippen LogP contribution is 2.41. The van der Waals surface area contributed by atoms with E-state index in [9.17, 15) is 19.5 Å². The van der Waals surface area contributed by atoms with Crippen molar-refractivity contribution in [1.29, 1.82) is 0 Å². The number of carboxylic acid groups (broad SMARTS) is 2. The fourth-order valence-electron chi connectivity index (χ4n) is 3.32. The standard InChI is InChI=1S/C19H29NO6/c1-3-15(26-2)9-5-4-8-14(17(23)24)13-20-18(25)19(12-16(21)22)10-6-7-11-19/h3,5,9,14H,4,6-8,10-13H2,1-2H3,(H,20,25)(H,21,22)(H,23,24)/b9-5-,15-3+. The van der Waals surface area contributed by atoms with E-state index in [0.29, 0.717) is 31.4 Å². The lowest BCUT2D eigenvalue weighted by Crippen LogP contribution is -2.43. The monoisotopic (exact) mass is 367 g/mol. The molecule has 0 saturated heterocycles. The molecular weight excluding hydrogens is 338 g/mol. The first-order valence-corrected chi connectivity index (χ1v) is 8.94. The lowest BCUT2D eigenvalue weighted by Gasteiger charge is -2.26. The summed E-state index contributed by atoms with van der Waals surface area (Å²) in [6.45, 7) is 1.85.